The fourth-order valence-electron chi connectivity index (χ4n) is 4.79. The molecule has 2 aliphatic heterocycles. The number of nitrogens with zero attached hydrogens (tertiary/aromatic N) is 3. The molecule has 0 saturated carbocycles. The largest absolute Gasteiger partial charge is 0.356 e. The van der Waals surface area contributed by atoms with Gasteiger partial charge in [-0.1, -0.05) is 13.8 Å². The highest BCUT2D eigenvalue weighted by molar-refractivity contribution is 7.89. The van der Waals surface area contributed by atoms with E-state index in [0.29, 0.717) is 42.0 Å². The molecule has 1 N–H and O–H groups in total. The summed E-state index contributed by atoms with van der Waals surface area (Å²) in [6.07, 6.45) is 6.16. The summed E-state index contributed by atoms with van der Waals surface area (Å²) in [5, 5.41) is 2.90. The smallest absolute Gasteiger partial charge is 0.259 e. The molecule has 2 aromatic rings. The molecule has 2 aliphatic rings. The minimum Gasteiger partial charge on any atom is -0.356 e. The molecule has 2 saturated heterocycles. The Morgan fingerprint density at radius 1 is 1.00 bits per heavy atom. The van der Waals surface area contributed by atoms with Crippen molar-refractivity contribution in [2.45, 2.75) is 44.4 Å². The van der Waals surface area contributed by atoms with Crippen LogP contribution in [0.15, 0.2) is 47.5 Å². The van der Waals surface area contributed by atoms with Gasteiger partial charge >= 0.3 is 0 Å². The maximum Gasteiger partial charge on any atom is 0.259 e. The van der Waals surface area contributed by atoms with Crippen molar-refractivity contribution in [2.24, 2.45) is 11.8 Å². The van der Waals surface area contributed by atoms with Crippen LogP contribution in [0.25, 0.3) is 0 Å². The number of pyridine rings is 1. The van der Waals surface area contributed by atoms with Crippen LogP contribution >= 0.6 is 0 Å². The lowest BCUT2D eigenvalue weighted by atomic mass is 9.94. The maximum atomic E-state index is 13.1. The Labute approximate surface area is 190 Å². The van der Waals surface area contributed by atoms with Gasteiger partial charge in [0.2, 0.25) is 10.0 Å². The van der Waals surface area contributed by atoms with Crippen molar-refractivity contribution >= 4 is 27.4 Å². The molecule has 172 valence electrons. The predicted octanol–water partition coefficient (Wildman–Crippen LogP) is 3.99. The molecule has 2 atom stereocenters. The second-order valence-corrected chi connectivity index (χ2v) is 11.1. The van der Waals surface area contributed by atoms with E-state index in [9.17, 15) is 13.2 Å². The molecule has 0 spiro atoms. The fraction of sp³-hybridized carbons (Fsp3) is 0.500. The van der Waals surface area contributed by atoms with E-state index in [1.807, 2.05) is 0 Å². The fourth-order valence-corrected chi connectivity index (χ4v) is 6.47. The van der Waals surface area contributed by atoms with Gasteiger partial charge in [-0.3, -0.25) is 4.79 Å². The highest BCUT2D eigenvalue weighted by atomic mass is 32.2. The summed E-state index contributed by atoms with van der Waals surface area (Å²) in [4.78, 5) is 19.8. The number of carbonyl (C=O) groups is 1. The van der Waals surface area contributed by atoms with Crippen LogP contribution in [-0.2, 0) is 10.0 Å². The lowest BCUT2D eigenvalue weighted by molar-refractivity contribution is 0.102. The van der Waals surface area contributed by atoms with Crippen LogP contribution in [0.3, 0.4) is 0 Å². The van der Waals surface area contributed by atoms with Crippen LogP contribution in [0, 0.1) is 11.8 Å². The van der Waals surface area contributed by atoms with Crippen molar-refractivity contribution in [2.75, 3.05) is 36.4 Å². The third-order valence-electron chi connectivity index (χ3n) is 6.27. The number of hydrogen-bond acceptors (Lipinski definition) is 5. The van der Waals surface area contributed by atoms with E-state index in [-0.39, 0.29) is 10.8 Å². The molecule has 3 heterocycles. The molecule has 1 aromatic carbocycles. The molecule has 1 aromatic heterocycles. The molecule has 0 bridgehead atoms. The first kappa shape index (κ1) is 22.7. The third kappa shape index (κ3) is 4.96. The first-order valence-electron chi connectivity index (χ1n) is 11.5. The second-order valence-electron chi connectivity index (χ2n) is 9.17. The van der Waals surface area contributed by atoms with Crippen LogP contribution in [-0.4, -0.2) is 49.8 Å². The van der Waals surface area contributed by atoms with Crippen molar-refractivity contribution in [3.63, 3.8) is 0 Å². The standard InChI is InChI=1S/C24H32N4O3S/c1-18-15-19(2)17-28(16-18)32(30,31)21-10-8-20(9-11-21)26-24(29)22-7-6-12-25-23(22)27-13-4-3-5-14-27/h6-12,18-19H,3-5,13-17H2,1-2H3,(H,26,29). The number of sulfonamides is 1. The molecule has 32 heavy (non-hydrogen) atoms. The molecule has 1 amide bonds. The summed E-state index contributed by atoms with van der Waals surface area (Å²) in [5.41, 5.74) is 1.09. The number of hydrogen-bond donors (Lipinski definition) is 1. The predicted molar refractivity (Wildman–Crippen MR) is 126 cm³/mol. The molecule has 2 unspecified atom stereocenters. The minimum absolute atomic E-state index is 0.243. The van der Waals surface area contributed by atoms with Gasteiger partial charge in [0.25, 0.3) is 5.91 Å². The Bertz CT molecular complexity index is 1040. The molecule has 7 nitrogen and oxygen atoms in total. The summed E-state index contributed by atoms with van der Waals surface area (Å²) in [6.45, 7) is 7.08. The first-order chi connectivity index (χ1) is 15.3. The zero-order valence-electron chi connectivity index (χ0n) is 18.8. The van der Waals surface area contributed by atoms with Gasteiger partial charge in [-0.2, -0.15) is 4.31 Å². The van der Waals surface area contributed by atoms with E-state index < -0.39 is 10.0 Å². The number of piperidine rings is 2. The lowest BCUT2D eigenvalue weighted by Crippen LogP contribution is -2.42. The van der Waals surface area contributed by atoms with Gasteiger partial charge in [-0.15, -0.1) is 0 Å². The molecule has 8 heteroatoms. The molecule has 4 rings (SSSR count). The second kappa shape index (κ2) is 9.58. The van der Waals surface area contributed by atoms with E-state index in [4.69, 9.17) is 0 Å². The first-order valence-corrected chi connectivity index (χ1v) is 12.9. The van der Waals surface area contributed by atoms with E-state index in [0.717, 1.165) is 32.4 Å². The average Bonchev–Trinajstić information content (AvgIpc) is 2.79. The Kier molecular flexibility index (Phi) is 6.81. The van der Waals surface area contributed by atoms with E-state index in [1.54, 1.807) is 46.9 Å². The Morgan fingerprint density at radius 2 is 1.66 bits per heavy atom. The van der Waals surface area contributed by atoms with Gasteiger partial charge in [0.1, 0.15) is 5.82 Å². The van der Waals surface area contributed by atoms with Crippen molar-refractivity contribution < 1.29 is 13.2 Å². The monoisotopic (exact) mass is 456 g/mol. The topological polar surface area (TPSA) is 82.6 Å². The Morgan fingerprint density at radius 3 is 2.31 bits per heavy atom. The number of nitrogens with one attached hydrogen (secondary N) is 1. The Balaban J connectivity index is 1.48. The van der Waals surface area contributed by atoms with Gasteiger partial charge in [-0.05, 0) is 73.9 Å². The van der Waals surface area contributed by atoms with E-state index in [2.05, 4.69) is 29.0 Å². The Hall–Kier alpha value is -2.45. The van der Waals surface area contributed by atoms with E-state index >= 15 is 0 Å². The SMILES string of the molecule is CC1CC(C)CN(S(=O)(=O)c2ccc(NC(=O)c3cccnc3N3CCCCC3)cc2)C1. The highest BCUT2D eigenvalue weighted by Crippen LogP contribution is 2.28. The molecule has 0 aliphatic carbocycles. The number of benzene rings is 1. The van der Waals surface area contributed by atoms with Crippen LogP contribution < -0.4 is 10.2 Å². The molecule has 0 radical (unpaired) electrons. The minimum atomic E-state index is -3.54. The summed E-state index contributed by atoms with van der Waals surface area (Å²) >= 11 is 0. The van der Waals surface area contributed by atoms with Crippen molar-refractivity contribution in [1.82, 2.24) is 9.29 Å². The lowest BCUT2D eigenvalue weighted by Gasteiger charge is -2.34. The molecular formula is C24H32N4O3S. The summed E-state index contributed by atoms with van der Waals surface area (Å²) in [5.74, 6) is 1.16. The highest BCUT2D eigenvalue weighted by Gasteiger charge is 2.31. The summed E-state index contributed by atoms with van der Waals surface area (Å²) < 4.78 is 27.7. The van der Waals surface area contributed by atoms with Crippen LogP contribution in [0.1, 0.15) is 49.9 Å². The number of amides is 1. The van der Waals surface area contributed by atoms with Gasteiger partial charge in [0.05, 0.1) is 10.5 Å². The van der Waals surface area contributed by atoms with Gasteiger partial charge in [0.15, 0.2) is 0 Å². The van der Waals surface area contributed by atoms with Crippen molar-refractivity contribution in [3.8, 4) is 0 Å². The number of anilines is 2. The average molecular weight is 457 g/mol. The zero-order valence-corrected chi connectivity index (χ0v) is 19.6. The number of aromatic nitrogens is 1. The van der Waals surface area contributed by atoms with E-state index in [1.165, 1.54) is 6.42 Å². The summed E-state index contributed by atoms with van der Waals surface area (Å²) in [7, 11) is -3.54. The number of carbonyl (C=O) groups excluding carboxylic acids is 1. The summed E-state index contributed by atoms with van der Waals surface area (Å²) in [6, 6.07) is 9.99. The molecule has 2 fully saturated rings. The maximum absolute atomic E-state index is 13.1. The van der Waals surface area contributed by atoms with Crippen LogP contribution in [0.5, 0.6) is 0 Å². The zero-order chi connectivity index (χ0) is 22.7. The van der Waals surface area contributed by atoms with Crippen LogP contribution in [0.4, 0.5) is 11.5 Å². The quantitative estimate of drug-likeness (QED) is 0.736. The van der Waals surface area contributed by atoms with Gasteiger partial charge in [-0.25, -0.2) is 13.4 Å². The van der Waals surface area contributed by atoms with Crippen molar-refractivity contribution in [3.05, 3.63) is 48.2 Å². The van der Waals surface area contributed by atoms with Gasteiger partial charge < -0.3 is 10.2 Å². The molecular weight excluding hydrogens is 424 g/mol. The van der Waals surface area contributed by atoms with Gasteiger partial charge in [0, 0.05) is 38.1 Å². The third-order valence-corrected chi connectivity index (χ3v) is 8.12. The van der Waals surface area contributed by atoms with Crippen molar-refractivity contribution in [1.29, 1.82) is 0 Å². The normalized spacial score (nSPS) is 22.5. The van der Waals surface area contributed by atoms with Crippen LogP contribution in [0.2, 0.25) is 0 Å². The number of rotatable bonds is 5.